The van der Waals surface area contributed by atoms with Crippen LogP contribution < -0.4 is 14.4 Å². The number of nitrogens with one attached hydrogen (secondary N) is 1. The highest BCUT2D eigenvalue weighted by Crippen LogP contribution is 2.45. The van der Waals surface area contributed by atoms with E-state index in [-0.39, 0.29) is 47.7 Å². The van der Waals surface area contributed by atoms with Gasteiger partial charge in [-0.05, 0) is 98.2 Å². The standard InChI is InChI=1S/C35H44ClN3O6S/c1-5-8-23(3)32(16-18-44-4)46(42,43)38-34(41)29-14-15-31-33(37-29)39(20-25-10-12-27(25)30(40)6-2)21-35(22-45-31)17-7-9-24-19-26(36)11-13-28(24)35/h5-6,11,13-15,19,23,25,27,32H,1-2,7-10,12,16-18,20-22H2,3-4H3,(H,38,41)/t23-,25-,27+,32+,35-/m0/s1. The molecule has 1 aromatic heterocycles. The van der Waals surface area contributed by atoms with Gasteiger partial charge in [0.05, 0.1) is 11.9 Å². The minimum atomic E-state index is -4.07. The van der Waals surface area contributed by atoms with E-state index >= 15 is 0 Å². The number of hydrogen-bond donors (Lipinski definition) is 1. The van der Waals surface area contributed by atoms with E-state index in [4.69, 9.17) is 26.1 Å². The molecule has 11 heteroatoms. The minimum Gasteiger partial charge on any atom is -0.489 e. The molecule has 5 atom stereocenters. The molecule has 1 fully saturated rings. The van der Waals surface area contributed by atoms with E-state index in [9.17, 15) is 18.0 Å². The first kappa shape index (κ1) is 34.1. The molecule has 1 aliphatic heterocycles. The van der Waals surface area contributed by atoms with E-state index in [0.717, 1.165) is 32.1 Å². The number of nitrogens with zero attached hydrogens (tertiary/aromatic N) is 2. The van der Waals surface area contributed by atoms with Gasteiger partial charge in [-0.2, -0.15) is 0 Å². The van der Waals surface area contributed by atoms with Crippen molar-refractivity contribution in [1.29, 1.82) is 0 Å². The van der Waals surface area contributed by atoms with Gasteiger partial charge in [0, 0.05) is 43.2 Å². The van der Waals surface area contributed by atoms with Gasteiger partial charge < -0.3 is 14.4 Å². The molecule has 0 bridgehead atoms. The zero-order valence-corrected chi connectivity index (χ0v) is 28.2. The fourth-order valence-corrected chi connectivity index (χ4v) is 9.19. The van der Waals surface area contributed by atoms with Crippen LogP contribution in [0.2, 0.25) is 5.02 Å². The normalized spacial score (nSPS) is 23.5. The first-order chi connectivity index (χ1) is 22.0. The summed E-state index contributed by atoms with van der Waals surface area (Å²) in [5.41, 5.74) is 2.00. The van der Waals surface area contributed by atoms with Crippen LogP contribution in [0.15, 0.2) is 55.6 Å². The van der Waals surface area contributed by atoms with E-state index in [2.05, 4.69) is 28.8 Å². The number of carbonyl (C=O) groups is 2. The SMILES string of the molecule is C=CC[C@H](C)[C@@H](CCOC)S(=O)(=O)NC(=O)c1ccc2c(n1)N(C[C@@H]1CC[C@H]1C(=O)C=C)C[C@@]1(CCCc3cc(Cl)ccc31)CO2. The summed E-state index contributed by atoms with van der Waals surface area (Å²) in [4.78, 5) is 33.0. The minimum absolute atomic E-state index is 0.0307. The summed E-state index contributed by atoms with van der Waals surface area (Å²) < 4.78 is 40.9. The number of ether oxygens (including phenoxy) is 2. The quantitative estimate of drug-likeness (QED) is 0.215. The van der Waals surface area contributed by atoms with Gasteiger partial charge in [-0.25, -0.2) is 18.1 Å². The molecule has 2 aliphatic carbocycles. The van der Waals surface area contributed by atoms with Gasteiger partial charge in [0.1, 0.15) is 5.69 Å². The molecule has 5 rings (SSSR count). The van der Waals surface area contributed by atoms with Gasteiger partial charge >= 0.3 is 0 Å². The Balaban J connectivity index is 1.48. The predicted octanol–water partition coefficient (Wildman–Crippen LogP) is 5.67. The zero-order valence-electron chi connectivity index (χ0n) is 26.7. The van der Waals surface area contributed by atoms with E-state index in [1.54, 1.807) is 12.1 Å². The number of fused-ring (bicyclic) bond motifs is 3. The fourth-order valence-electron chi connectivity index (χ4n) is 7.35. The molecule has 0 radical (unpaired) electrons. The lowest BCUT2D eigenvalue weighted by Crippen LogP contribution is -2.49. The Morgan fingerprint density at radius 2 is 2.07 bits per heavy atom. The van der Waals surface area contributed by atoms with Gasteiger partial charge in [-0.1, -0.05) is 37.2 Å². The van der Waals surface area contributed by atoms with Crippen molar-refractivity contribution in [3.8, 4) is 5.75 Å². The van der Waals surface area contributed by atoms with Crippen molar-refractivity contribution in [2.75, 3.05) is 38.3 Å². The predicted molar refractivity (Wildman–Crippen MR) is 180 cm³/mol. The second-order valence-electron chi connectivity index (χ2n) is 13.0. The average Bonchev–Trinajstić information content (AvgIpc) is 3.16. The number of amides is 1. The van der Waals surface area contributed by atoms with Crippen molar-refractivity contribution in [3.63, 3.8) is 0 Å². The van der Waals surface area contributed by atoms with E-state index < -0.39 is 21.2 Å². The second-order valence-corrected chi connectivity index (χ2v) is 15.3. The molecule has 2 heterocycles. The number of aromatic nitrogens is 1. The van der Waals surface area contributed by atoms with Gasteiger partial charge in [0.15, 0.2) is 17.4 Å². The maximum absolute atomic E-state index is 13.5. The lowest BCUT2D eigenvalue weighted by molar-refractivity contribution is -0.122. The van der Waals surface area contributed by atoms with Crippen molar-refractivity contribution in [2.24, 2.45) is 17.8 Å². The number of sulfonamides is 1. The number of pyridine rings is 1. The topological polar surface area (TPSA) is 115 Å². The van der Waals surface area contributed by atoms with E-state index in [1.165, 1.54) is 30.4 Å². The molecule has 46 heavy (non-hydrogen) atoms. The number of halogens is 1. The molecule has 3 aliphatic rings. The summed E-state index contributed by atoms with van der Waals surface area (Å²) in [6, 6.07) is 9.22. The molecule has 1 spiro atoms. The number of rotatable bonds is 13. The van der Waals surface area contributed by atoms with Crippen LogP contribution in [0.1, 0.15) is 67.1 Å². The van der Waals surface area contributed by atoms with Gasteiger partial charge in [0.25, 0.3) is 5.91 Å². The van der Waals surface area contributed by atoms with Crippen LogP contribution in [0, 0.1) is 17.8 Å². The molecule has 248 valence electrons. The van der Waals surface area contributed by atoms with E-state index in [1.807, 2.05) is 19.1 Å². The van der Waals surface area contributed by atoms with Gasteiger partial charge in [-0.3, -0.25) is 9.59 Å². The van der Waals surface area contributed by atoms with Gasteiger partial charge in [-0.15, -0.1) is 6.58 Å². The third-order valence-corrected chi connectivity index (χ3v) is 12.2. The van der Waals surface area contributed by atoms with Gasteiger partial charge in [0.2, 0.25) is 10.0 Å². The van der Waals surface area contributed by atoms with Crippen LogP contribution in [0.5, 0.6) is 5.75 Å². The van der Waals surface area contributed by atoms with Crippen molar-refractivity contribution in [1.82, 2.24) is 9.71 Å². The number of carbonyl (C=O) groups excluding carboxylic acids is 2. The van der Waals surface area contributed by atoms with Crippen LogP contribution in [-0.2, 0) is 31.4 Å². The molecule has 1 aromatic carbocycles. The van der Waals surface area contributed by atoms with Crippen molar-refractivity contribution in [3.05, 3.63) is 77.5 Å². The lowest BCUT2D eigenvalue weighted by atomic mass is 9.69. The molecule has 0 saturated heterocycles. The molecular formula is C35H44ClN3O6S. The zero-order chi connectivity index (χ0) is 33.1. The first-order valence-corrected chi connectivity index (χ1v) is 17.9. The number of ketones is 1. The number of hydrogen-bond acceptors (Lipinski definition) is 8. The Morgan fingerprint density at radius 3 is 2.76 bits per heavy atom. The summed E-state index contributed by atoms with van der Waals surface area (Å²) in [6.07, 6.45) is 8.26. The third kappa shape index (κ3) is 7.04. The monoisotopic (exact) mass is 669 g/mol. The van der Waals surface area contributed by atoms with Crippen LogP contribution in [-0.4, -0.2) is 63.8 Å². The van der Waals surface area contributed by atoms with Crippen molar-refractivity contribution >= 4 is 39.1 Å². The molecule has 1 N–H and O–H groups in total. The highest BCUT2D eigenvalue weighted by atomic mass is 35.5. The summed E-state index contributed by atoms with van der Waals surface area (Å²) in [7, 11) is -2.56. The smallest absolute Gasteiger partial charge is 0.283 e. The highest BCUT2D eigenvalue weighted by molar-refractivity contribution is 7.90. The molecule has 1 saturated carbocycles. The highest BCUT2D eigenvalue weighted by Gasteiger charge is 2.44. The van der Waals surface area contributed by atoms with Crippen LogP contribution in [0.25, 0.3) is 0 Å². The third-order valence-electron chi connectivity index (χ3n) is 9.96. The Kier molecular flexibility index (Phi) is 10.6. The Labute approximate surface area is 277 Å². The summed E-state index contributed by atoms with van der Waals surface area (Å²) in [5.74, 6) is -0.0894. The maximum Gasteiger partial charge on any atom is 0.283 e. The molecule has 9 nitrogen and oxygen atoms in total. The van der Waals surface area contributed by atoms with Crippen LogP contribution >= 0.6 is 11.6 Å². The lowest BCUT2D eigenvalue weighted by Gasteiger charge is -2.43. The number of methoxy groups -OCH3 is 1. The number of allylic oxidation sites excluding steroid dienone is 2. The number of aryl methyl sites for hydroxylation is 1. The maximum atomic E-state index is 13.5. The fraction of sp³-hybridized carbons (Fsp3) is 0.514. The Bertz CT molecular complexity index is 1600. The molecule has 0 unspecified atom stereocenters. The number of anilines is 1. The Hall–Kier alpha value is -3.21. The second kappa shape index (κ2) is 14.3. The van der Waals surface area contributed by atoms with Crippen molar-refractivity contribution in [2.45, 2.75) is 62.5 Å². The Morgan fingerprint density at radius 1 is 1.26 bits per heavy atom. The number of benzene rings is 1. The summed E-state index contributed by atoms with van der Waals surface area (Å²) in [5, 5.41) is -0.158. The summed E-state index contributed by atoms with van der Waals surface area (Å²) in [6.45, 7) is 11.0. The molecule has 2 aromatic rings. The van der Waals surface area contributed by atoms with Crippen LogP contribution in [0.3, 0.4) is 0 Å². The summed E-state index contributed by atoms with van der Waals surface area (Å²) >= 11 is 6.38. The molecular weight excluding hydrogens is 626 g/mol. The average molecular weight is 670 g/mol. The first-order valence-electron chi connectivity index (χ1n) is 16.0. The van der Waals surface area contributed by atoms with E-state index in [0.29, 0.717) is 42.7 Å². The molecule has 1 amide bonds. The van der Waals surface area contributed by atoms with Crippen LogP contribution in [0.4, 0.5) is 5.82 Å². The van der Waals surface area contributed by atoms with Crippen molar-refractivity contribution < 1.29 is 27.5 Å². The largest absolute Gasteiger partial charge is 0.489 e.